The van der Waals surface area contributed by atoms with Crippen LogP contribution in [0.1, 0.15) is 5.69 Å². The van der Waals surface area contributed by atoms with E-state index in [0.29, 0.717) is 0 Å². The number of halogens is 4. The van der Waals surface area contributed by atoms with Crippen LogP contribution in [0.15, 0.2) is 10.7 Å². The lowest BCUT2D eigenvalue weighted by atomic mass is 10.3. The topological polar surface area (TPSA) is 68.4 Å². The summed E-state index contributed by atoms with van der Waals surface area (Å²) < 4.78 is 39.3. The molecule has 0 aliphatic rings. The summed E-state index contributed by atoms with van der Waals surface area (Å²) in [5, 5.41) is 9.34. The summed E-state index contributed by atoms with van der Waals surface area (Å²) in [5.41, 5.74) is 5.09. The van der Waals surface area contributed by atoms with Gasteiger partial charge in [-0.15, -0.1) is 13.2 Å². The van der Waals surface area contributed by atoms with Crippen LogP contribution in [0.25, 0.3) is 0 Å². The number of aromatic nitrogens is 1. The Morgan fingerprint density at radius 1 is 1.53 bits per heavy atom. The normalized spacial score (nSPS) is 11.5. The summed E-state index contributed by atoms with van der Waals surface area (Å²) in [6.07, 6.45) is -3.81. The minimum Gasteiger partial charge on any atom is -0.503 e. The van der Waals surface area contributed by atoms with Crippen LogP contribution in [0, 0.1) is 0 Å². The molecule has 0 radical (unpaired) electrons. The van der Waals surface area contributed by atoms with Crippen molar-refractivity contribution in [1.82, 2.24) is 4.98 Å². The van der Waals surface area contributed by atoms with Crippen molar-refractivity contribution in [1.29, 1.82) is 0 Å². The molecular weight excluding hydrogens is 281 g/mol. The van der Waals surface area contributed by atoms with Gasteiger partial charge in [-0.25, -0.2) is 0 Å². The Morgan fingerprint density at radius 2 is 2.13 bits per heavy atom. The first kappa shape index (κ1) is 12.1. The van der Waals surface area contributed by atoms with Gasteiger partial charge in [-0.05, 0) is 15.9 Å². The molecule has 0 amide bonds. The minimum absolute atomic E-state index is 0.0718. The zero-order valence-electron chi connectivity index (χ0n) is 7.18. The summed E-state index contributed by atoms with van der Waals surface area (Å²) in [5.74, 6) is -1.46. The Morgan fingerprint density at radius 3 is 2.60 bits per heavy atom. The monoisotopic (exact) mass is 286 g/mol. The maximum absolute atomic E-state index is 11.9. The molecule has 0 saturated carbocycles. The van der Waals surface area contributed by atoms with Crippen molar-refractivity contribution in [3.05, 3.63) is 16.4 Å². The summed E-state index contributed by atoms with van der Waals surface area (Å²) in [6, 6.07) is 0. The molecule has 1 aromatic rings. The van der Waals surface area contributed by atoms with Gasteiger partial charge in [0.05, 0.1) is 10.2 Å². The summed E-state index contributed by atoms with van der Waals surface area (Å²) in [7, 11) is 0. The van der Waals surface area contributed by atoms with Crippen molar-refractivity contribution in [3.63, 3.8) is 0 Å². The van der Waals surface area contributed by atoms with Gasteiger partial charge in [0.1, 0.15) is 0 Å². The van der Waals surface area contributed by atoms with E-state index in [0.717, 1.165) is 6.20 Å². The molecule has 84 valence electrons. The SMILES string of the molecule is NCc1ncc(Br)c(OC(F)(F)F)c1O. The quantitative estimate of drug-likeness (QED) is 0.871. The van der Waals surface area contributed by atoms with Crippen LogP contribution < -0.4 is 10.5 Å². The van der Waals surface area contributed by atoms with E-state index in [9.17, 15) is 18.3 Å². The van der Waals surface area contributed by atoms with E-state index >= 15 is 0 Å². The second-order valence-corrected chi connectivity index (χ2v) is 3.34. The van der Waals surface area contributed by atoms with Crippen LogP contribution >= 0.6 is 15.9 Å². The molecule has 0 saturated heterocycles. The molecular formula is C7H6BrF3N2O2. The van der Waals surface area contributed by atoms with Crippen molar-refractivity contribution >= 4 is 15.9 Å². The number of ether oxygens (including phenoxy) is 1. The van der Waals surface area contributed by atoms with E-state index in [1.54, 1.807) is 0 Å². The Kier molecular flexibility index (Phi) is 3.40. The Labute approximate surface area is 91.0 Å². The average Bonchev–Trinajstić information content (AvgIpc) is 2.11. The molecule has 0 aliphatic carbocycles. The van der Waals surface area contributed by atoms with Gasteiger partial charge in [-0.3, -0.25) is 4.98 Å². The molecule has 15 heavy (non-hydrogen) atoms. The van der Waals surface area contributed by atoms with Crippen LogP contribution in [-0.2, 0) is 6.54 Å². The molecule has 4 nitrogen and oxygen atoms in total. The molecule has 1 heterocycles. The summed E-state index contributed by atoms with van der Waals surface area (Å²) in [4.78, 5) is 3.62. The molecule has 8 heteroatoms. The van der Waals surface area contributed by atoms with Crippen molar-refractivity contribution < 1.29 is 23.0 Å². The van der Waals surface area contributed by atoms with E-state index in [-0.39, 0.29) is 16.7 Å². The summed E-state index contributed by atoms with van der Waals surface area (Å²) >= 11 is 2.77. The van der Waals surface area contributed by atoms with E-state index < -0.39 is 17.9 Å². The first-order valence-corrected chi connectivity index (χ1v) is 4.46. The highest BCUT2D eigenvalue weighted by Crippen LogP contribution is 2.38. The van der Waals surface area contributed by atoms with Crippen LogP contribution in [0.2, 0.25) is 0 Å². The van der Waals surface area contributed by atoms with Crippen molar-refractivity contribution in [2.45, 2.75) is 12.9 Å². The third-order valence-electron chi connectivity index (χ3n) is 1.45. The van der Waals surface area contributed by atoms with Crippen LogP contribution in [0.3, 0.4) is 0 Å². The first-order chi connectivity index (χ1) is 6.85. The van der Waals surface area contributed by atoms with Crippen LogP contribution in [-0.4, -0.2) is 16.5 Å². The third kappa shape index (κ3) is 2.96. The van der Waals surface area contributed by atoms with Crippen molar-refractivity contribution in [2.75, 3.05) is 0 Å². The highest BCUT2D eigenvalue weighted by molar-refractivity contribution is 9.10. The van der Waals surface area contributed by atoms with Gasteiger partial charge >= 0.3 is 6.36 Å². The number of rotatable bonds is 2. The van der Waals surface area contributed by atoms with Crippen LogP contribution in [0.4, 0.5) is 13.2 Å². The Hall–Kier alpha value is -1.02. The number of nitrogens with two attached hydrogens (primary N) is 1. The second-order valence-electron chi connectivity index (χ2n) is 2.48. The summed E-state index contributed by atoms with van der Waals surface area (Å²) in [6.45, 7) is -0.187. The lowest BCUT2D eigenvalue weighted by Crippen LogP contribution is -2.18. The maximum Gasteiger partial charge on any atom is 0.573 e. The molecule has 0 aromatic carbocycles. The van der Waals surface area contributed by atoms with Crippen LogP contribution in [0.5, 0.6) is 11.5 Å². The molecule has 1 aromatic heterocycles. The van der Waals surface area contributed by atoms with E-state index in [4.69, 9.17) is 5.73 Å². The number of alkyl halides is 3. The third-order valence-corrected chi connectivity index (χ3v) is 2.02. The number of hydrogen-bond donors (Lipinski definition) is 2. The van der Waals surface area contributed by atoms with E-state index in [1.807, 2.05) is 0 Å². The smallest absolute Gasteiger partial charge is 0.503 e. The number of aromatic hydroxyl groups is 1. The van der Waals surface area contributed by atoms with Gasteiger partial charge in [0.2, 0.25) is 0 Å². The number of nitrogens with zero attached hydrogens (tertiary/aromatic N) is 1. The molecule has 0 spiro atoms. The van der Waals surface area contributed by atoms with E-state index in [1.165, 1.54) is 0 Å². The second kappa shape index (κ2) is 4.23. The number of pyridine rings is 1. The van der Waals surface area contributed by atoms with E-state index in [2.05, 4.69) is 25.7 Å². The fourth-order valence-electron chi connectivity index (χ4n) is 0.861. The average molecular weight is 287 g/mol. The minimum atomic E-state index is -4.88. The molecule has 0 unspecified atom stereocenters. The molecule has 1 rings (SSSR count). The highest BCUT2D eigenvalue weighted by atomic mass is 79.9. The molecule has 0 fully saturated rings. The molecule has 0 bridgehead atoms. The van der Waals surface area contributed by atoms with Gasteiger partial charge in [0, 0.05) is 12.7 Å². The zero-order chi connectivity index (χ0) is 11.6. The Balaban J connectivity index is 3.15. The lowest BCUT2D eigenvalue weighted by molar-refractivity contribution is -0.275. The van der Waals surface area contributed by atoms with Gasteiger partial charge in [0.15, 0.2) is 11.5 Å². The Bertz CT molecular complexity index is 370. The van der Waals surface area contributed by atoms with Gasteiger partial charge in [0.25, 0.3) is 0 Å². The molecule has 3 N–H and O–H groups in total. The van der Waals surface area contributed by atoms with Crippen molar-refractivity contribution in [2.24, 2.45) is 5.73 Å². The van der Waals surface area contributed by atoms with Gasteiger partial charge < -0.3 is 15.6 Å². The first-order valence-electron chi connectivity index (χ1n) is 3.67. The fraction of sp³-hybridized carbons (Fsp3) is 0.286. The van der Waals surface area contributed by atoms with Gasteiger partial charge in [-0.2, -0.15) is 0 Å². The highest BCUT2D eigenvalue weighted by Gasteiger charge is 2.34. The zero-order valence-corrected chi connectivity index (χ0v) is 8.76. The number of hydrogen-bond acceptors (Lipinski definition) is 4. The predicted octanol–water partition coefficient (Wildman–Crippen LogP) is 1.91. The van der Waals surface area contributed by atoms with Crippen molar-refractivity contribution in [3.8, 4) is 11.5 Å². The predicted molar refractivity (Wildman–Crippen MR) is 48.2 cm³/mol. The molecule has 0 atom stereocenters. The maximum atomic E-state index is 11.9. The largest absolute Gasteiger partial charge is 0.573 e. The van der Waals surface area contributed by atoms with Gasteiger partial charge in [-0.1, -0.05) is 0 Å². The fourth-order valence-corrected chi connectivity index (χ4v) is 1.23. The lowest BCUT2D eigenvalue weighted by Gasteiger charge is -2.13. The molecule has 0 aliphatic heterocycles. The standard InChI is InChI=1S/C7H6BrF3N2O2/c8-3-2-13-4(1-12)5(14)6(3)15-7(9,10)11/h2,14H,1,12H2.